The normalized spacial score (nSPS) is 20.4. The molecule has 0 spiro atoms. The molecule has 1 aromatic carbocycles. The van der Waals surface area contributed by atoms with Crippen molar-refractivity contribution in [3.8, 4) is 0 Å². The van der Waals surface area contributed by atoms with Crippen LogP contribution in [-0.4, -0.2) is 41.8 Å². The van der Waals surface area contributed by atoms with Crippen LogP contribution in [0.2, 0.25) is 5.02 Å². The van der Waals surface area contributed by atoms with Crippen LogP contribution in [0.4, 0.5) is 0 Å². The van der Waals surface area contributed by atoms with E-state index in [4.69, 9.17) is 21.4 Å². The van der Waals surface area contributed by atoms with E-state index in [0.29, 0.717) is 13.2 Å². The fourth-order valence-electron chi connectivity index (χ4n) is 2.24. The molecule has 1 unspecified atom stereocenters. The minimum Gasteiger partial charge on any atom is -0.481 e. The van der Waals surface area contributed by atoms with Gasteiger partial charge in [0.2, 0.25) is 0 Å². The third-order valence-corrected chi connectivity index (χ3v) is 3.67. The molecule has 1 aromatic rings. The predicted molar refractivity (Wildman–Crippen MR) is 73.5 cm³/mol. The van der Waals surface area contributed by atoms with E-state index in [0.717, 1.165) is 29.2 Å². The number of ether oxygens (including phenoxy) is 1. The third-order valence-electron chi connectivity index (χ3n) is 3.27. The molecule has 1 aliphatic rings. The number of hydrogen-bond acceptors (Lipinski definition) is 3. The molecule has 2 rings (SSSR count). The lowest BCUT2D eigenvalue weighted by molar-refractivity contribution is -0.142. The number of rotatable bonds is 4. The minimum absolute atomic E-state index is 0.0607. The van der Waals surface area contributed by atoms with Gasteiger partial charge in [0.25, 0.3) is 0 Å². The van der Waals surface area contributed by atoms with Crippen LogP contribution in [0.5, 0.6) is 0 Å². The summed E-state index contributed by atoms with van der Waals surface area (Å²) in [7, 11) is 0. The number of carboxylic acids is 1. The number of halogens is 1. The second-order valence-electron chi connectivity index (χ2n) is 4.91. The van der Waals surface area contributed by atoms with Crippen molar-refractivity contribution >= 4 is 17.6 Å². The van der Waals surface area contributed by atoms with E-state index >= 15 is 0 Å². The van der Waals surface area contributed by atoms with Gasteiger partial charge in [-0.1, -0.05) is 23.7 Å². The van der Waals surface area contributed by atoms with Gasteiger partial charge in [0.15, 0.2) is 0 Å². The van der Waals surface area contributed by atoms with Crippen LogP contribution < -0.4 is 0 Å². The maximum atomic E-state index is 10.7. The topological polar surface area (TPSA) is 49.8 Å². The van der Waals surface area contributed by atoms with Crippen molar-refractivity contribution in [2.45, 2.75) is 26.0 Å². The zero-order valence-corrected chi connectivity index (χ0v) is 11.7. The van der Waals surface area contributed by atoms with Crippen molar-refractivity contribution < 1.29 is 14.6 Å². The lowest BCUT2D eigenvalue weighted by Crippen LogP contribution is -2.42. The zero-order chi connectivity index (χ0) is 13.8. The van der Waals surface area contributed by atoms with Crippen LogP contribution in [0.3, 0.4) is 0 Å². The molecule has 0 aliphatic carbocycles. The molecular formula is C14H18ClNO3. The minimum atomic E-state index is -0.815. The van der Waals surface area contributed by atoms with Gasteiger partial charge in [-0.15, -0.1) is 0 Å². The zero-order valence-electron chi connectivity index (χ0n) is 10.9. The highest BCUT2D eigenvalue weighted by Crippen LogP contribution is 2.19. The highest BCUT2D eigenvalue weighted by Gasteiger charge is 2.22. The summed E-state index contributed by atoms with van der Waals surface area (Å²) in [5.41, 5.74) is 2.21. The van der Waals surface area contributed by atoms with Crippen LogP contribution in [0.15, 0.2) is 18.2 Å². The number of carbonyl (C=O) groups is 1. The largest absolute Gasteiger partial charge is 0.481 e. The van der Waals surface area contributed by atoms with Crippen LogP contribution in [0.1, 0.15) is 17.5 Å². The van der Waals surface area contributed by atoms with Crippen molar-refractivity contribution in [3.05, 3.63) is 34.3 Å². The molecule has 1 N–H and O–H groups in total. The van der Waals surface area contributed by atoms with Gasteiger partial charge in [-0.3, -0.25) is 9.69 Å². The Labute approximate surface area is 117 Å². The molecular weight excluding hydrogens is 266 g/mol. The summed E-state index contributed by atoms with van der Waals surface area (Å²) in [5, 5.41) is 9.56. The molecule has 104 valence electrons. The van der Waals surface area contributed by atoms with Gasteiger partial charge >= 0.3 is 5.97 Å². The molecule has 1 atom stereocenters. The molecule has 0 bridgehead atoms. The van der Waals surface area contributed by atoms with Gasteiger partial charge in [-0.25, -0.2) is 0 Å². The van der Waals surface area contributed by atoms with Crippen LogP contribution in [0.25, 0.3) is 0 Å². The average Bonchev–Trinajstić information content (AvgIpc) is 2.33. The van der Waals surface area contributed by atoms with Crippen molar-refractivity contribution in [2.75, 3.05) is 19.7 Å². The summed E-state index contributed by atoms with van der Waals surface area (Å²) in [4.78, 5) is 12.9. The highest BCUT2D eigenvalue weighted by atomic mass is 35.5. The lowest BCUT2D eigenvalue weighted by Gasteiger charge is -2.32. The summed E-state index contributed by atoms with van der Waals surface area (Å²) in [6, 6.07) is 6.04. The lowest BCUT2D eigenvalue weighted by atomic mass is 10.1. The first-order chi connectivity index (χ1) is 9.04. The SMILES string of the molecule is Cc1ccc(CN2CCOC(CC(=O)O)C2)cc1Cl. The quantitative estimate of drug-likeness (QED) is 0.921. The van der Waals surface area contributed by atoms with E-state index in [-0.39, 0.29) is 12.5 Å². The molecule has 5 heteroatoms. The third kappa shape index (κ3) is 4.20. The molecule has 19 heavy (non-hydrogen) atoms. The summed E-state index contributed by atoms with van der Waals surface area (Å²) >= 11 is 6.11. The Morgan fingerprint density at radius 3 is 3.05 bits per heavy atom. The van der Waals surface area contributed by atoms with E-state index in [2.05, 4.69) is 11.0 Å². The van der Waals surface area contributed by atoms with Crippen molar-refractivity contribution in [1.82, 2.24) is 4.90 Å². The van der Waals surface area contributed by atoms with Crippen molar-refractivity contribution in [1.29, 1.82) is 0 Å². The predicted octanol–water partition coefficient (Wildman–Crippen LogP) is 2.32. The summed E-state index contributed by atoms with van der Waals surface area (Å²) < 4.78 is 5.45. The fourth-order valence-corrected chi connectivity index (χ4v) is 2.44. The van der Waals surface area contributed by atoms with Gasteiger partial charge in [0.05, 0.1) is 19.1 Å². The van der Waals surface area contributed by atoms with Gasteiger partial charge < -0.3 is 9.84 Å². The molecule has 4 nitrogen and oxygen atoms in total. The maximum Gasteiger partial charge on any atom is 0.306 e. The summed E-state index contributed by atoms with van der Waals surface area (Å²) in [6.07, 6.45) is -0.155. The Kier molecular flexibility index (Phi) is 4.80. The van der Waals surface area contributed by atoms with E-state index in [9.17, 15) is 4.79 Å². The smallest absolute Gasteiger partial charge is 0.306 e. The highest BCUT2D eigenvalue weighted by molar-refractivity contribution is 6.31. The first-order valence-electron chi connectivity index (χ1n) is 6.35. The average molecular weight is 284 g/mol. The van der Waals surface area contributed by atoms with Gasteiger partial charge in [-0.05, 0) is 24.1 Å². The summed E-state index contributed by atoms with van der Waals surface area (Å²) in [6.45, 7) is 4.81. The van der Waals surface area contributed by atoms with E-state index in [1.54, 1.807) is 0 Å². The molecule has 0 saturated carbocycles. The maximum absolute atomic E-state index is 10.7. The number of morpholine rings is 1. The Hall–Kier alpha value is -1.10. The van der Waals surface area contributed by atoms with Crippen molar-refractivity contribution in [3.63, 3.8) is 0 Å². The molecule has 1 heterocycles. The number of aryl methyl sites for hydroxylation is 1. The number of hydrogen-bond donors (Lipinski definition) is 1. The Morgan fingerprint density at radius 1 is 1.58 bits per heavy atom. The summed E-state index contributed by atoms with van der Waals surface area (Å²) in [5.74, 6) is -0.815. The van der Waals surface area contributed by atoms with Gasteiger partial charge in [0.1, 0.15) is 0 Å². The van der Waals surface area contributed by atoms with E-state index in [1.165, 1.54) is 0 Å². The molecule has 1 fully saturated rings. The van der Waals surface area contributed by atoms with Gasteiger partial charge in [-0.2, -0.15) is 0 Å². The Bertz CT molecular complexity index is 464. The Balaban J connectivity index is 1.94. The molecule has 0 radical (unpaired) electrons. The number of carboxylic acid groups (broad SMARTS) is 1. The standard InChI is InChI=1S/C14H18ClNO3/c1-10-2-3-11(6-13(10)15)8-16-4-5-19-12(9-16)7-14(17)18/h2-3,6,12H,4-5,7-9H2,1H3,(H,17,18). The van der Waals surface area contributed by atoms with E-state index < -0.39 is 5.97 Å². The number of benzene rings is 1. The molecule has 0 aromatic heterocycles. The first kappa shape index (κ1) is 14.3. The van der Waals surface area contributed by atoms with Crippen LogP contribution in [0, 0.1) is 6.92 Å². The molecule has 1 saturated heterocycles. The van der Waals surface area contributed by atoms with Crippen LogP contribution >= 0.6 is 11.6 Å². The van der Waals surface area contributed by atoms with Gasteiger partial charge in [0, 0.05) is 24.7 Å². The fraction of sp³-hybridized carbons (Fsp3) is 0.500. The second kappa shape index (κ2) is 6.37. The molecule has 1 aliphatic heterocycles. The van der Waals surface area contributed by atoms with Crippen LogP contribution in [-0.2, 0) is 16.1 Å². The number of nitrogens with zero attached hydrogens (tertiary/aromatic N) is 1. The number of aliphatic carboxylic acids is 1. The Morgan fingerprint density at radius 2 is 2.37 bits per heavy atom. The molecule has 0 amide bonds. The monoisotopic (exact) mass is 283 g/mol. The van der Waals surface area contributed by atoms with Crippen molar-refractivity contribution in [2.24, 2.45) is 0 Å². The van der Waals surface area contributed by atoms with E-state index in [1.807, 2.05) is 19.1 Å². The second-order valence-corrected chi connectivity index (χ2v) is 5.32. The first-order valence-corrected chi connectivity index (χ1v) is 6.73.